The Hall–Kier alpha value is -1.92. The minimum Gasteiger partial charge on any atom is -0.465 e. The van der Waals surface area contributed by atoms with E-state index in [1.165, 1.54) is 7.11 Å². The maximum absolute atomic E-state index is 11.6. The second-order valence-electron chi connectivity index (χ2n) is 4.32. The molecular formula is C14H9BrClN3O2. The molecule has 0 spiro atoms. The zero-order chi connectivity index (χ0) is 15.0. The van der Waals surface area contributed by atoms with Gasteiger partial charge >= 0.3 is 5.97 Å². The first kappa shape index (κ1) is 14.0. The number of aromatic nitrogens is 3. The van der Waals surface area contributed by atoms with Crippen LogP contribution in [0.15, 0.2) is 41.0 Å². The van der Waals surface area contributed by atoms with Crippen molar-refractivity contribution in [1.29, 1.82) is 0 Å². The highest BCUT2D eigenvalue weighted by Crippen LogP contribution is 2.26. The number of hydrogen-bond donors (Lipinski definition) is 0. The molecular weight excluding hydrogens is 358 g/mol. The van der Waals surface area contributed by atoms with Gasteiger partial charge in [-0.2, -0.15) is 0 Å². The van der Waals surface area contributed by atoms with E-state index in [-0.39, 0.29) is 0 Å². The van der Waals surface area contributed by atoms with Crippen molar-refractivity contribution in [3.05, 3.63) is 51.6 Å². The fourth-order valence-corrected chi connectivity index (χ4v) is 2.87. The van der Waals surface area contributed by atoms with Gasteiger partial charge in [-0.15, -0.1) is 10.2 Å². The van der Waals surface area contributed by atoms with E-state index in [1.807, 2.05) is 6.07 Å². The number of fused-ring (bicyclic) bond motifs is 1. The van der Waals surface area contributed by atoms with Gasteiger partial charge in [0, 0.05) is 21.3 Å². The summed E-state index contributed by atoms with van der Waals surface area (Å²) >= 11 is 9.46. The zero-order valence-corrected chi connectivity index (χ0v) is 13.2. The van der Waals surface area contributed by atoms with Crippen molar-refractivity contribution < 1.29 is 9.53 Å². The molecule has 0 fully saturated rings. The summed E-state index contributed by atoms with van der Waals surface area (Å²) in [5, 5.41) is 8.82. The van der Waals surface area contributed by atoms with Gasteiger partial charge in [-0.1, -0.05) is 27.5 Å². The van der Waals surface area contributed by atoms with Crippen LogP contribution in [-0.4, -0.2) is 27.7 Å². The summed E-state index contributed by atoms with van der Waals surface area (Å²) in [5.41, 5.74) is 1.85. The Kier molecular flexibility index (Phi) is 3.65. The van der Waals surface area contributed by atoms with Crippen LogP contribution >= 0.6 is 27.5 Å². The molecule has 0 saturated carbocycles. The SMILES string of the molecule is COC(=O)c1ccc2nnc(-c3cc(Cl)cc(Br)c3)n2c1. The van der Waals surface area contributed by atoms with E-state index in [1.54, 1.807) is 34.9 Å². The molecule has 0 unspecified atom stereocenters. The molecule has 0 aliphatic carbocycles. The first-order chi connectivity index (χ1) is 10.1. The number of halogens is 2. The van der Waals surface area contributed by atoms with Gasteiger partial charge in [0.2, 0.25) is 0 Å². The van der Waals surface area contributed by atoms with E-state index < -0.39 is 5.97 Å². The fourth-order valence-electron chi connectivity index (χ4n) is 2.01. The highest BCUT2D eigenvalue weighted by atomic mass is 79.9. The first-order valence-electron chi connectivity index (χ1n) is 5.98. The molecule has 3 aromatic rings. The number of benzene rings is 1. The van der Waals surface area contributed by atoms with E-state index >= 15 is 0 Å². The lowest BCUT2D eigenvalue weighted by Gasteiger charge is -2.04. The predicted octanol–water partition coefficient (Wildman–Crippen LogP) is 3.60. The fraction of sp³-hybridized carbons (Fsp3) is 0.0714. The van der Waals surface area contributed by atoms with Gasteiger partial charge in [-0.25, -0.2) is 4.79 Å². The molecule has 0 atom stereocenters. The van der Waals surface area contributed by atoms with Crippen LogP contribution in [-0.2, 0) is 4.74 Å². The molecule has 0 amide bonds. The molecule has 0 N–H and O–H groups in total. The van der Waals surface area contributed by atoms with E-state index in [4.69, 9.17) is 16.3 Å². The number of ether oxygens (including phenoxy) is 1. The lowest BCUT2D eigenvalue weighted by molar-refractivity contribution is 0.0600. The average Bonchev–Trinajstić information content (AvgIpc) is 2.88. The Morgan fingerprint density at radius 1 is 1.29 bits per heavy atom. The number of carbonyl (C=O) groups excluding carboxylic acids is 1. The van der Waals surface area contributed by atoms with Crippen LogP contribution in [0.1, 0.15) is 10.4 Å². The number of esters is 1. The molecule has 0 aliphatic heterocycles. The first-order valence-corrected chi connectivity index (χ1v) is 7.15. The second-order valence-corrected chi connectivity index (χ2v) is 5.67. The van der Waals surface area contributed by atoms with Crippen molar-refractivity contribution in [3.8, 4) is 11.4 Å². The number of rotatable bonds is 2. The Labute approximate surface area is 133 Å². The Balaban J connectivity index is 2.20. The standard InChI is InChI=1S/C14H9BrClN3O2/c1-21-14(20)8-2-3-12-17-18-13(19(12)7-8)9-4-10(15)6-11(16)5-9/h2-7H,1H3. The smallest absolute Gasteiger partial charge is 0.339 e. The Morgan fingerprint density at radius 3 is 2.81 bits per heavy atom. The summed E-state index contributed by atoms with van der Waals surface area (Å²) < 4.78 is 7.29. The van der Waals surface area contributed by atoms with E-state index in [0.717, 1.165) is 10.0 Å². The van der Waals surface area contributed by atoms with Gasteiger partial charge in [0.1, 0.15) is 0 Å². The monoisotopic (exact) mass is 365 g/mol. The van der Waals surface area contributed by atoms with Crippen molar-refractivity contribution in [2.45, 2.75) is 0 Å². The van der Waals surface area contributed by atoms with Gasteiger partial charge in [-0.3, -0.25) is 4.40 Å². The van der Waals surface area contributed by atoms with E-state index in [0.29, 0.717) is 22.1 Å². The third-order valence-electron chi connectivity index (χ3n) is 2.94. The molecule has 3 rings (SSSR count). The molecule has 0 aliphatic rings. The third-order valence-corrected chi connectivity index (χ3v) is 3.62. The number of nitrogens with zero attached hydrogens (tertiary/aromatic N) is 3. The van der Waals surface area contributed by atoms with Crippen LogP contribution < -0.4 is 0 Å². The van der Waals surface area contributed by atoms with Gasteiger partial charge in [0.25, 0.3) is 0 Å². The normalized spacial score (nSPS) is 10.8. The minimum atomic E-state index is -0.413. The molecule has 0 radical (unpaired) electrons. The summed E-state index contributed by atoms with van der Waals surface area (Å²) in [7, 11) is 1.34. The number of hydrogen-bond acceptors (Lipinski definition) is 4. The molecule has 1 aromatic carbocycles. The molecule has 0 saturated heterocycles. The highest BCUT2D eigenvalue weighted by molar-refractivity contribution is 9.10. The quantitative estimate of drug-likeness (QED) is 0.650. The van der Waals surface area contributed by atoms with Crippen LogP contribution in [0, 0.1) is 0 Å². The van der Waals surface area contributed by atoms with Crippen LogP contribution in [0.5, 0.6) is 0 Å². The van der Waals surface area contributed by atoms with Crippen molar-refractivity contribution >= 4 is 39.1 Å². The van der Waals surface area contributed by atoms with Crippen LogP contribution in [0.3, 0.4) is 0 Å². The van der Waals surface area contributed by atoms with Crippen LogP contribution in [0.25, 0.3) is 17.0 Å². The van der Waals surface area contributed by atoms with Crippen molar-refractivity contribution in [2.75, 3.05) is 7.11 Å². The van der Waals surface area contributed by atoms with E-state index in [2.05, 4.69) is 26.1 Å². The van der Waals surface area contributed by atoms with Gasteiger partial charge in [0.15, 0.2) is 11.5 Å². The summed E-state index contributed by atoms with van der Waals surface area (Å²) in [4.78, 5) is 11.6. The van der Waals surface area contributed by atoms with Crippen molar-refractivity contribution in [2.24, 2.45) is 0 Å². The molecule has 2 aromatic heterocycles. The average molecular weight is 367 g/mol. The minimum absolute atomic E-state index is 0.413. The lowest BCUT2D eigenvalue weighted by atomic mass is 10.2. The molecule has 106 valence electrons. The number of carbonyl (C=O) groups is 1. The Bertz CT molecular complexity index is 827. The molecule has 21 heavy (non-hydrogen) atoms. The summed E-state index contributed by atoms with van der Waals surface area (Å²) in [6, 6.07) is 8.81. The van der Waals surface area contributed by atoms with E-state index in [9.17, 15) is 4.79 Å². The zero-order valence-electron chi connectivity index (χ0n) is 10.9. The van der Waals surface area contributed by atoms with Gasteiger partial charge in [-0.05, 0) is 30.3 Å². The third kappa shape index (κ3) is 2.64. The summed E-state index contributed by atoms with van der Waals surface area (Å²) in [6.45, 7) is 0. The Morgan fingerprint density at radius 2 is 2.10 bits per heavy atom. The highest BCUT2D eigenvalue weighted by Gasteiger charge is 2.12. The maximum Gasteiger partial charge on any atom is 0.339 e. The molecule has 0 bridgehead atoms. The van der Waals surface area contributed by atoms with Gasteiger partial charge < -0.3 is 4.74 Å². The topological polar surface area (TPSA) is 56.5 Å². The van der Waals surface area contributed by atoms with Crippen molar-refractivity contribution in [1.82, 2.24) is 14.6 Å². The largest absolute Gasteiger partial charge is 0.465 e. The number of pyridine rings is 1. The summed E-state index contributed by atoms with van der Waals surface area (Å²) in [6.07, 6.45) is 1.64. The number of methoxy groups -OCH3 is 1. The molecule has 7 heteroatoms. The summed E-state index contributed by atoms with van der Waals surface area (Å²) in [5.74, 6) is 0.183. The van der Waals surface area contributed by atoms with Crippen LogP contribution in [0.2, 0.25) is 5.02 Å². The lowest BCUT2D eigenvalue weighted by Crippen LogP contribution is -2.03. The predicted molar refractivity (Wildman–Crippen MR) is 82.5 cm³/mol. The van der Waals surface area contributed by atoms with Crippen molar-refractivity contribution in [3.63, 3.8) is 0 Å². The second kappa shape index (κ2) is 5.46. The molecule has 5 nitrogen and oxygen atoms in total. The maximum atomic E-state index is 11.6. The van der Waals surface area contributed by atoms with Crippen LogP contribution in [0.4, 0.5) is 0 Å². The van der Waals surface area contributed by atoms with Gasteiger partial charge in [0.05, 0.1) is 12.7 Å². The molecule has 2 heterocycles.